The Morgan fingerprint density at radius 2 is 2.31 bits per heavy atom. The molecule has 0 saturated heterocycles. The molecule has 84 valence electrons. The summed E-state index contributed by atoms with van der Waals surface area (Å²) in [6.45, 7) is 0.942. The molecule has 0 amide bonds. The molecule has 1 aromatic heterocycles. The lowest BCUT2D eigenvalue weighted by Gasteiger charge is -2.03. The number of hydrogen-bond acceptors (Lipinski definition) is 2. The molecule has 1 aromatic carbocycles. The molecule has 1 aliphatic carbocycles. The predicted octanol–water partition coefficient (Wildman–Crippen LogP) is 2.43. The average Bonchev–Trinajstić information content (AvgIpc) is 3.06. The van der Waals surface area contributed by atoms with Crippen LogP contribution in [0.1, 0.15) is 18.4 Å². The largest absolute Gasteiger partial charge is 0.495 e. The Labute approximate surface area is 94.8 Å². The monoisotopic (exact) mass is 216 g/mol. The summed E-state index contributed by atoms with van der Waals surface area (Å²) in [7, 11) is 1.71. The zero-order valence-electron chi connectivity index (χ0n) is 9.42. The maximum Gasteiger partial charge on any atom is 0.142 e. The minimum absolute atomic E-state index is 0.746. The summed E-state index contributed by atoms with van der Waals surface area (Å²) in [5, 5.41) is 4.78. The smallest absolute Gasteiger partial charge is 0.142 e. The van der Waals surface area contributed by atoms with E-state index >= 15 is 0 Å². The van der Waals surface area contributed by atoms with E-state index in [-0.39, 0.29) is 0 Å². The molecular weight excluding hydrogens is 200 g/mol. The van der Waals surface area contributed by atoms with Crippen molar-refractivity contribution >= 4 is 10.9 Å². The summed E-state index contributed by atoms with van der Waals surface area (Å²) in [5.74, 6) is 0.912. The van der Waals surface area contributed by atoms with Gasteiger partial charge in [-0.25, -0.2) is 0 Å². The number of H-pyrrole nitrogens is 1. The van der Waals surface area contributed by atoms with Gasteiger partial charge in [0.25, 0.3) is 0 Å². The molecule has 2 aromatic rings. The maximum absolute atomic E-state index is 5.33. The number of nitrogens with one attached hydrogen (secondary N) is 2. The van der Waals surface area contributed by atoms with E-state index in [9.17, 15) is 0 Å². The van der Waals surface area contributed by atoms with E-state index in [4.69, 9.17) is 4.74 Å². The molecular formula is C13H16N2O. The van der Waals surface area contributed by atoms with E-state index < -0.39 is 0 Å². The highest BCUT2D eigenvalue weighted by atomic mass is 16.5. The quantitative estimate of drug-likeness (QED) is 0.823. The molecule has 3 nitrogen and oxygen atoms in total. The van der Waals surface area contributed by atoms with Crippen LogP contribution in [0, 0.1) is 0 Å². The lowest BCUT2D eigenvalue weighted by atomic mass is 10.1. The number of ether oxygens (including phenoxy) is 1. The van der Waals surface area contributed by atoms with Crippen molar-refractivity contribution in [3.05, 3.63) is 30.0 Å². The van der Waals surface area contributed by atoms with Crippen molar-refractivity contribution in [3.63, 3.8) is 0 Å². The molecule has 2 N–H and O–H groups in total. The summed E-state index contributed by atoms with van der Waals surface area (Å²) in [5.41, 5.74) is 2.42. The van der Waals surface area contributed by atoms with Crippen LogP contribution < -0.4 is 10.1 Å². The highest BCUT2D eigenvalue weighted by Crippen LogP contribution is 2.27. The molecule has 16 heavy (non-hydrogen) atoms. The summed E-state index contributed by atoms with van der Waals surface area (Å²) in [6, 6.07) is 6.90. The van der Waals surface area contributed by atoms with Gasteiger partial charge in [-0.3, -0.25) is 0 Å². The Morgan fingerprint density at radius 1 is 1.44 bits per heavy atom. The van der Waals surface area contributed by atoms with Crippen molar-refractivity contribution in [3.8, 4) is 5.75 Å². The first-order valence-electron chi connectivity index (χ1n) is 5.75. The molecule has 0 spiro atoms. The second-order valence-corrected chi connectivity index (χ2v) is 4.35. The first kappa shape index (κ1) is 9.73. The number of aromatic amines is 1. The number of para-hydroxylation sites is 1. The van der Waals surface area contributed by atoms with Crippen molar-refractivity contribution < 1.29 is 4.74 Å². The van der Waals surface area contributed by atoms with Gasteiger partial charge >= 0.3 is 0 Å². The van der Waals surface area contributed by atoms with Crippen molar-refractivity contribution in [2.45, 2.75) is 25.4 Å². The molecule has 0 aliphatic heterocycles. The molecule has 1 heterocycles. The topological polar surface area (TPSA) is 37.0 Å². The van der Waals surface area contributed by atoms with Crippen LogP contribution in [-0.4, -0.2) is 18.1 Å². The normalized spacial score (nSPS) is 15.6. The number of fused-ring (bicyclic) bond motifs is 1. The Balaban J connectivity index is 1.92. The van der Waals surface area contributed by atoms with Gasteiger partial charge in [0.1, 0.15) is 5.75 Å². The lowest BCUT2D eigenvalue weighted by molar-refractivity contribution is 0.419. The fraction of sp³-hybridized carbons (Fsp3) is 0.385. The first-order chi connectivity index (χ1) is 7.88. The van der Waals surface area contributed by atoms with Crippen LogP contribution in [0.5, 0.6) is 5.75 Å². The van der Waals surface area contributed by atoms with Crippen LogP contribution in [0.2, 0.25) is 0 Å². The fourth-order valence-corrected chi connectivity index (χ4v) is 2.04. The summed E-state index contributed by atoms with van der Waals surface area (Å²) in [4.78, 5) is 3.29. The number of rotatable bonds is 4. The third kappa shape index (κ3) is 1.67. The Kier molecular flexibility index (Phi) is 2.33. The van der Waals surface area contributed by atoms with Gasteiger partial charge in [-0.05, 0) is 24.5 Å². The number of hydrogen-bond donors (Lipinski definition) is 2. The van der Waals surface area contributed by atoms with Crippen LogP contribution >= 0.6 is 0 Å². The van der Waals surface area contributed by atoms with Gasteiger partial charge in [0, 0.05) is 24.2 Å². The third-order valence-electron chi connectivity index (χ3n) is 3.14. The SMILES string of the molecule is COc1cccc2c(CNC3CC3)c[nH]c12. The molecule has 0 bridgehead atoms. The summed E-state index contributed by atoms with van der Waals surface area (Å²) in [6.07, 6.45) is 4.72. The molecule has 0 radical (unpaired) electrons. The van der Waals surface area contributed by atoms with Crippen molar-refractivity contribution in [2.75, 3.05) is 7.11 Å². The minimum Gasteiger partial charge on any atom is -0.495 e. The van der Waals surface area contributed by atoms with Gasteiger partial charge in [-0.15, -0.1) is 0 Å². The van der Waals surface area contributed by atoms with Gasteiger partial charge in [0.2, 0.25) is 0 Å². The van der Waals surface area contributed by atoms with Crippen LogP contribution in [0.4, 0.5) is 0 Å². The van der Waals surface area contributed by atoms with Crippen LogP contribution in [0.15, 0.2) is 24.4 Å². The summed E-state index contributed by atoms with van der Waals surface area (Å²) < 4.78 is 5.33. The van der Waals surface area contributed by atoms with Crippen molar-refractivity contribution in [1.82, 2.24) is 10.3 Å². The van der Waals surface area contributed by atoms with Crippen LogP contribution in [-0.2, 0) is 6.54 Å². The molecule has 1 saturated carbocycles. The maximum atomic E-state index is 5.33. The van der Waals surface area contributed by atoms with Gasteiger partial charge < -0.3 is 15.0 Å². The molecule has 1 fully saturated rings. The van der Waals surface area contributed by atoms with Crippen LogP contribution in [0.3, 0.4) is 0 Å². The minimum atomic E-state index is 0.746. The van der Waals surface area contributed by atoms with E-state index in [2.05, 4.69) is 22.6 Å². The Bertz CT molecular complexity index is 500. The number of benzene rings is 1. The van der Waals surface area contributed by atoms with Crippen LogP contribution in [0.25, 0.3) is 10.9 Å². The van der Waals surface area contributed by atoms with Gasteiger partial charge in [0.05, 0.1) is 12.6 Å². The molecule has 0 atom stereocenters. The van der Waals surface area contributed by atoms with E-state index in [1.165, 1.54) is 23.8 Å². The van der Waals surface area contributed by atoms with Crippen molar-refractivity contribution in [2.24, 2.45) is 0 Å². The summed E-state index contributed by atoms with van der Waals surface area (Å²) >= 11 is 0. The standard InChI is InChI=1S/C13H16N2O/c1-16-12-4-2-3-11-9(8-15-13(11)12)7-14-10-5-6-10/h2-4,8,10,14-15H,5-7H2,1H3. The predicted molar refractivity (Wildman–Crippen MR) is 64.7 cm³/mol. The zero-order valence-corrected chi connectivity index (χ0v) is 9.42. The average molecular weight is 216 g/mol. The lowest BCUT2D eigenvalue weighted by Crippen LogP contribution is -2.14. The molecule has 0 unspecified atom stereocenters. The van der Waals surface area contributed by atoms with E-state index in [0.29, 0.717) is 0 Å². The second kappa shape index (κ2) is 3.83. The Morgan fingerprint density at radius 3 is 3.06 bits per heavy atom. The van der Waals surface area contributed by atoms with Crippen molar-refractivity contribution in [1.29, 1.82) is 0 Å². The molecule has 3 heteroatoms. The highest BCUT2D eigenvalue weighted by Gasteiger charge is 2.20. The Hall–Kier alpha value is -1.48. The third-order valence-corrected chi connectivity index (χ3v) is 3.14. The first-order valence-corrected chi connectivity index (χ1v) is 5.75. The molecule has 3 rings (SSSR count). The zero-order chi connectivity index (χ0) is 11.0. The van der Waals surface area contributed by atoms with E-state index in [0.717, 1.165) is 23.9 Å². The van der Waals surface area contributed by atoms with Gasteiger partial charge in [-0.2, -0.15) is 0 Å². The van der Waals surface area contributed by atoms with E-state index in [1.807, 2.05) is 12.1 Å². The van der Waals surface area contributed by atoms with E-state index in [1.54, 1.807) is 7.11 Å². The van der Waals surface area contributed by atoms with Gasteiger partial charge in [0.15, 0.2) is 0 Å². The number of methoxy groups -OCH3 is 1. The molecule has 1 aliphatic rings. The fourth-order valence-electron chi connectivity index (χ4n) is 2.04. The highest BCUT2D eigenvalue weighted by molar-refractivity contribution is 5.88. The van der Waals surface area contributed by atoms with Gasteiger partial charge in [-0.1, -0.05) is 12.1 Å². The second-order valence-electron chi connectivity index (χ2n) is 4.35. The number of aromatic nitrogens is 1.